The van der Waals surface area contributed by atoms with Crippen molar-refractivity contribution >= 4 is 17.8 Å². The van der Waals surface area contributed by atoms with Crippen molar-refractivity contribution in [3.63, 3.8) is 0 Å². The molecule has 0 radical (unpaired) electrons. The highest BCUT2D eigenvalue weighted by atomic mass is 19.1. The Hall–Kier alpha value is -4.00. The predicted octanol–water partition coefficient (Wildman–Crippen LogP) is 1.64. The first-order chi connectivity index (χ1) is 15.4. The average Bonchev–Trinajstić information content (AvgIpc) is 2.80. The van der Waals surface area contributed by atoms with Crippen LogP contribution in [0.25, 0.3) is 0 Å². The molecule has 0 heterocycles. The van der Waals surface area contributed by atoms with Crippen molar-refractivity contribution in [3.05, 3.63) is 107 Å². The Morgan fingerprint density at radius 1 is 0.719 bits per heavy atom. The first-order valence-electron chi connectivity index (χ1n) is 10.1. The molecule has 0 aliphatic carbocycles. The van der Waals surface area contributed by atoms with E-state index in [-0.39, 0.29) is 12.8 Å². The maximum absolute atomic E-state index is 13.3. The Bertz CT molecular complexity index is 1060. The predicted molar refractivity (Wildman–Crippen MR) is 115 cm³/mol. The molecule has 3 aromatic carbocycles. The van der Waals surface area contributed by atoms with Gasteiger partial charge >= 0.3 is 0 Å². The van der Waals surface area contributed by atoms with E-state index in [2.05, 4.69) is 10.6 Å². The Labute approximate surface area is 185 Å². The summed E-state index contributed by atoms with van der Waals surface area (Å²) < 4.78 is 13.3. The second kappa shape index (κ2) is 10.9. The molecule has 6 nitrogen and oxygen atoms in total. The standard InChI is InChI=1S/C25H23FN2O4/c26-20-13-11-18(12-14-20)15-21(27-23(29)19-9-5-2-6-10-19)24(30)28-22(25(31)32)16-17-7-3-1-4-8-17/h1-14,21-22H,15-16H2,(H,27,29)(H,28,30)(H,31,32)/p-1/t21-,22-/m1/s1. The monoisotopic (exact) mass is 433 g/mol. The van der Waals surface area contributed by atoms with E-state index in [4.69, 9.17) is 0 Å². The number of aliphatic carboxylic acids is 1. The molecule has 7 heteroatoms. The maximum Gasteiger partial charge on any atom is 0.251 e. The van der Waals surface area contributed by atoms with Crippen LogP contribution in [-0.2, 0) is 22.4 Å². The molecule has 0 saturated carbocycles. The number of benzene rings is 3. The second-order valence-corrected chi connectivity index (χ2v) is 7.29. The summed E-state index contributed by atoms with van der Waals surface area (Å²) in [5.74, 6) is -3.02. The Morgan fingerprint density at radius 3 is 1.84 bits per heavy atom. The maximum atomic E-state index is 13.3. The molecule has 2 amide bonds. The van der Waals surface area contributed by atoms with Gasteiger partial charge in [-0.1, -0.05) is 60.7 Å². The molecule has 2 N–H and O–H groups in total. The van der Waals surface area contributed by atoms with E-state index in [1.54, 1.807) is 60.7 Å². The number of halogens is 1. The second-order valence-electron chi connectivity index (χ2n) is 7.29. The molecule has 164 valence electrons. The minimum atomic E-state index is -1.43. The number of carboxylic acid groups (broad SMARTS) is 1. The summed E-state index contributed by atoms with van der Waals surface area (Å²) in [5, 5.41) is 16.8. The van der Waals surface area contributed by atoms with Crippen LogP contribution in [0.4, 0.5) is 4.39 Å². The zero-order valence-electron chi connectivity index (χ0n) is 17.2. The van der Waals surface area contributed by atoms with Gasteiger partial charge in [0.2, 0.25) is 5.91 Å². The number of nitrogens with one attached hydrogen (secondary N) is 2. The molecule has 0 aromatic heterocycles. The van der Waals surface area contributed by atoms with Crippen LogP contribution in [0.2, 0.25) is 0 Å². The van der Waals surface area contributed by atoms with Gasteiger partial charge < -0.3 is 20.5 Å². The highest BCUT2D eigenvalue weighted by molar-refractivity contribution is 5.98. The average molecular weight is 433 g/mol. The summed E-state index contributed by atoms with van der Waals surface area (Å²) in [4.78, 5) is 37.3. The van der Waals surface area contributed by atoms with Crippen molar-refractivity contribution in [1.29, 1.82) is 0 Å². The molecule has 2 atom stereocenters. The van der Waals surface area contributed by atoms with Gasteiger partial charge in [-0.3, -0.25) is 9.59 Å². The van der Waals surface area contributed by atoms with E-state index in [1.807, 2.05) is 0 Å². The number of hydrogen-bond donors (Lipinski definition) is 2. The van der Waals surface area contributed by atoms with Crippen LogP contribution in [0, 0.1) is 5.82 Å². The Kier molecular flexibility index (Phi) is 7.70. The van der Waals surface area contributed by atoms with E-state index in [9.17, 15) is 23.9 Å². The molecule has 0 saturated heterocycles. The van der Waals surface area contributed by atoms with Gasteiger partial charge in [0, 0.05) is 12.0 Å². The van der Waals surface area contributed by atoms with Crippen LogP contribution in [0.15, 0.2) is 84.9 Å². The lowest BCUT2D eigenvalue weighted by atomic mass is 10.0. The molecular weight excluding hydrogens is 411 g/mol. The number of amides is 2. The summed E-state index contributed by atoms with van der Waals surface area (Å²) >= 11 is 0. The Balaban J connectivity index is 1.78. The van der Waals surface area contributed by atoms with E-state index < -0.39 is 35.7 Å². The van der Waals surface area contributed by atoms with E-state index in [1.165, 1.54) is 24.3 Å². The van der Waals surface area contributed by atoms with Gasteiger partial charge in [-0.2, -0.15) is 0 Å². The molecule has 0 aliphatic rings. The highest BCUT2D eigenvalue weighted by Gasteiger charge is 2.25. The summed E-state index contributed by atoms with van der Waals surface area (Å²) in [5.41, 5.74) is 1.67. The minimum absolute atomic E-state index is 0.0326. The number of hydrogen-bond acceptors (Lipinski definition) is 4. The van der Waals surface area contributed by atoms with Gasteiger partial charge in [0.1, 0.15) is 11.9 Å². The van der Waals surface area contributed by atoms with Crippen LogP contribution in [0.3, 0.4) is 0 Å². The normalized spacial score (nSPS) is 12.4. The van der Waals surface area contributed by atoms with Crippen molar-refractivity contribution in [2.75, 3.05) is 0 Å². The van der Waals surface area contributed by atoms with Crippen LogP contribution in [-0.4, -0.2) is 29.9 Å². The number of carboxylic acids is 1. The molecule has 3 rings (SSSR count). The molecule has 0 unspecified atom stereocenters. The van der Waals surface area contributed by atoms with Gasteiger partial charge in [0.25, 0.3) is 5.91 Å². The number of carbonyl (C=O) groups is 3. The summed E-state index contributed by atoms with van der Waals surface area (Å²) in [6.07, 6.45) is 0.0839. The van der Waals surface area contributed by atoms with Crippen LogP contribution in [0.5, 0.6) is 0 Å². The molecule has 0 bridgehead atoms. The Morgan fingerprint density at radius 2 is 1.25 bits per heavy atom. The first-order valence-corrected chi connectivity index (χ1v) is 10.1. The van der Waals surface area contributed by atoms with Crippen molar-refractivity contribution < 1.29 is 23.9 Å². The zero-order valence-corrected chi connectivity index (χ0v) is 17.2. The van der Waals surface area contributed by atoms with Crippen LogP contribution in [0.1, 0.15) is 21.5 Å². The first kappa shape index (κ1) is 22.7. The third-order valence-electron chi connectivity index (χ3n) is 4.89. The lowest BCUT2D eigenvalue weighted by molar-refractivity contribution is -0.308. The van der Waals surface area contributed by atoms with E-state index >= 15 is 0 Å². The highest BCUT2D eigenvalue weighted by Crippen LogP contribution is 2.09. The fourth-order valence-corrected chi connectivity index (χ4v) is 3.21. The van der Waals surface area contributed by atoms with Crippen molar-refractivity contribution in [3.8, 4) is 0 Å². The smallest absolute Gasteiger partial charge is 0.251 e. The van der Waals surface area contributed by atoms with Gasteiger partial charge in [-0.05, 0) is 41.8 Å². The number of carbonyl (C=O) groups excluding carboxylic acids is 3. The molecule has 32 heavy (non-hydrogen) atoms. The molecular formula is C25H22FN2O4-. The SMILES string of the molecule is O=C(N[C@H](Cc1ccc(F)cc1)C(=O)N[C@H](Cc1ccccc1)C(=O)[O-])c1ccccc1. The number of rotatable bonds is 9. The minimum Gasteiger partial charge on any atom is -0.548 e. The third kappa shape index (κ3) is 6.50. The molecule has 0 spiro atoms. The van der Waals surface area contributed by atoms with Crippen LogP contribution >= 0.6 is 0 Å². The van der Waals surface area contributed by atoms with E-state index in [0.29, 0.717) is 16.7 Å². The van der Waals surface area contributed by atoms with Crippen molar-refractivity contribution in [1.82, 2.24) is 10.6 Å². The van der Waals surface area contributed by atoms with Crippen LogP contribution < -0.4 is 15.7 Å². The summed E-state index contributed by atoms with van der Waals surface area (Å²) in [7, 11) is 0. The summed E-state index contributed by atoms with van der Waals surface area (Å²) in [6.45, 7) is 0. The topological polar surface area (TPSA) is 98.3 Å². The lowest BCUT2D eigenvalue weighted by Gasteiger charge is -2.24. The molecule has 3 aromatic rings. The van der Waals surface area contributed by atoms with Gasteiger partial charge in [0.15, 0.2) is 0 Å². The quantitative estimate of drug-likeness (QED) is 0.536. The molecule has 0 aliphatic heterocycles. The van der Waals surface area contributed by atoms with Gasteiger partial charge in [-0.25, -0.2) is 4.39 Å². The largest absolute Gasteiger partial charge is 0.548 e. The van der Waals surface area contributed by atoms with Gasteiger partial charge in [-0.15, -0.1) is 0 Å². The zero-order chi connectivity index (χ0) is 22.9. The third-order valence-corrected chi connectivity index (χ3v) is 4.89. The summed E-state index contributed by atoms with van der Waals surface area (Å²) in [6, 6.07) is 20.3. The van der Waals surface area contributed by atoms with Crippen molar-refractivity contribution in [2.45, 2.75) is 24.9 Å². The fourth-order valence-electron chi connectivity index (χ4n) is 3.21. The van der Waals surface area contributed by atoms with Crippen molar-refractivity contribution in [2.24, 2.45) is 0 Å². The lowest BCUT2D eigenvalue weighted by Crippen LogP contribution is -2.55. The molecule has 0 fully saturated rings. The van der Waals surface area contributed by atoms with E-state index in [0.717, 1.165) is 0 Å². The van der Waals surface area contributed by atoms with Gasteiger partial charge in [0.05, 0.1) is 12.0 Å². The fraction of sp³-hybridized carbons (Fsp3) is 0.160.